The summed E-state index contributed by atoms with van der Waals surface area (Å²) in [5.41, 5.74) is 6.82. The lowest BCUT2D eigenvalue weighted by atomic mass is 10.2. The Morgan fingerprint density at radius 1 is 1.62 bits per heavy atom. The highest BCUT2D eigenvalue weighted by atomic mass is 16.5. The molecule has 0 aliphatic carbocycles. The number of nitrogens with zero attached hydrogens (tertiary/aromatic N) is 1. The summed E-state index contributed by atoms with van der Waals surface area (Å²) < 4.78 is 10.5. The van der Waals surface area contributed by atoms with Crippen LogP contribution in [-0.2, 0) is 9.53 Å². The number of anilines is 2. The van der Waals surface area contributed by atoms with E-state index in [9.17, 15) is 4.79 Å². The summed E-state index contributed by atoms with van der Waals surface area (Å²) in [5, 5.41) is 11.9. The van der Waals surface area contributed by atoms with E-state index in [0.29, 0.717) is 36.8 Å². The number of ether oxygens (including phenoxy) is 2. The first-order chi connectivity index (χ1) is 10.1. The van der Waals surface area contributed by atoms with Crippen molar-refractivity contribution in [3.63, 3.8) is 0 Å². The highest BCUT2D eigenvalue weighted by Gasteiger charge is 2.21. The molecule has 0 aromatic heterocycles. The van der Waals surface area contributed by atoms with E-state index in [4.69, 9.17) is 20.3 Å². The van der Waals surface area contributed by atoms with Crippen LogP contribution in [0.15, 0.2) is 18.2 Å². The van der Waals surface area contributed by atoms with E-state index in [1.165, 1.54) is 7.11 Å². The van der Waals surface area contributed by atoms with Crippen molar-refractivity contribution in [2.45, 2.75) is 6.10 Å². The van der Waals surface area contributed by atoms with Gasteiger partial charge in [0.05, 0.1) is 38.7 Å². The number of carbonyl (C=O) groups is 1. The van der Waals surface area contributed by atoms with Crippen molar-refractivity contribution in [3.05, 3.63) is 18.2 Å². The second kappa shape index (κ2) is 7.26. The van der Waals surface area contributed by atoms with Crippen molar-refractivity contribution in [1.82, 2.24) is 4.90 Å². The molecule has 1 unspecified atom stereocenters. The van der Waals surface area contributed by atoms with Gasteiger partial charge in [-0.1, -0.05) is 0 Å². The minimum Gasteiger partial charge on any atom is -0.495 e. The van der Waals surface area contributed by atoms with Crippen LogP contribution in [0.4, 0.5) is 11.4 Å². The van der Waals surface area contributed by atoms with Crippen LogP contribution in [0.3, 0.4) is 0 Å². The standard InChI is InChI=1S/C14H21N3O4/c1-20-13-3-2-10(15)6-12(13)16-14(19)8-17-4-5-21-11(7-17)9-18/h2-3,6,11,18H,4-5,7-9,15H2,1H3,(H,16,19). The third-order valence-corrected chi connectivity index (χ3v) is 3.29. The van der Waals surface area contributed by atoms with Crippen LogP contribution in [0, 0.1) is 0 Å². The number of hydrogen-bond donors (Lipinski definition) is 3. The normalized spacial score (nSPS) is 19.2. The summed E-state index contributed by atoms with van der Waals surface area (Å²) in [6, 6.07) is 5.08. The first-order valence-electron chi connectivity index (χ1n) is 6.80. The maximum absolute atomic E-state index is 12.1. The van der Waals surface area contributed by atoms with Gasteiger partial charge in [-0.25, -0.2) is 0 Å². The van der Waals surface area contributed by atoms with E-state index >= 15 is 0 Å². The van der Waals surface area contributed by atoms with E-state index < -0.39 is 0 Å². The highest BCUT2D eigenvalue weighted by Crippen LogP contribution is 2.26. The summed E-state index contributed by atoms with van der Waals surface area (Å²) in [7, 11) is 1.54. The van der Waals surface area contributed by atoms with Crippen LogP contribution < -0.4 is 15.8 Å². The number of methoxy groups -OCH3 is 1. The minimum atomic E-state index is -0.228. The van der Waals surface area contributed by atoms with Crippen LogP contribution >= 0.6 is 0 Å². The number of nitrogens with one attached hydrogen (secondary N) is 1. The van der Waals surface area contributed by atoms with Crippen molar-refractivity contribution in [2.24, 2.45) is 0 Å². The lowest BCUT2D eigenvalue weighted by Gasteiger charge is -2.31. The Hall–Kier alpha value is -1.83. The van der Waals surface area contributed by atoms with Gasteiger partial charge in [0, 0.05) is 18.8 Å². The lowest BCUT2D eigenvalue weighted by Crippen LogP contribution is -2.46. The van der Waals surface area contributed by atoms with Gasteiger partial charge in [-0.05, 0) is 18.2 Å². The highest BCUT2D eigenvalue weighted by molar-refractivity contribution is 5.94. The third kappa shape index (κ3) is 4.32. The molecule has 0 saturated carbocycles. The number of rotatable bonds is 5. The molecule has 1 amide bonds. The molecule has 0 radical (unpaired) electrons. The zero-order valence-corrected chi connectivity index (χ0v) is 12.0. The molecule has 1 aliphatic rings. The molecule has 1 aromatic rings. The van der Waals surface area contributed by atoms with Gasteiger partial charge in [-0.15, -0.1) is 0 Å². The Labute approximate surface area is 123 Å². The summed E-state index contributed by atoms with van der Waals surface area (Å²) in [4.78, 5) is 14.0. The van der Waals surface area contributed by atoms with Gasteiger partial charge in [0.15, 0.2) is 0 Å². The van der Waals surface area contributed by atoms with Crippen LogP contribution in [0.1, 0.15) is 0 Å². The van der Waals surface area contributed by atoms with Crippen molar-refractivity contribution in [3.8, 4) is 5.75 Å². The van der Waals surface area contributed by atoms with Gasteiger partial charge in [-0.2, -0.15) is 0 Å². The zero-order valence-electron chi connectivity index (χ0n) is 12.0. The quantitative estimate of drug-likeness (QED) is 0.657. The maximum Gasteiger partial charge on any atom is 0.238 e. The average molecular weight is 295 g/mol. The predicted molar refractivity (Wildman–Crippen MR) is 79.3 cm³/mol. The van der Waals surface area contributed by atoms with Gasteiger partial charge >= 0.3 is 0 Å². The van der Waals surface area contributed by atoms with Crippen molar-refractivity contribution in [2.75, 3.05) is 51.0 Å². The fourth-order valence-corrected chi connectivity index (χ4v) is 2.25. The fourth-order valence-electron chi connectivity index (χ4n) is 2.25. The molecule has 2 rings (SSSR count). The van der Waals surface area contributed by atoms with Crippen molar-refractivity contribution in [1.29, 1.82) is 0 Å². The average Bonchev–Trinajstić information content (AvgIpc) is 2.47. The second-order valence-corrected chi connectivity index (χ2v) is 4.92. The number of nitrogens with two attached hydrogens (primary N) is 1. The fraction of sp³-hybridized carbons (Fsp3) is 0.500. The molecule has 1 heterocycles. The summed E-state index contributed by atoms with van der Waals surface area (Å²) in [6.45, 7) is 1.91. The van der Waals surface area contributed by atoms with E-state index in [1.807, 2.05) is 4.90 Å². The largest absolute Gasteiger partial charge is 0.495 e. The number of morpholine rings is 1. The second-order valence-electron chi connectivity index (χ2n) is 4.92. The molecule has 1 saturated heterocycles. The van der Waals surface area contributed by atoms with Crippen LogP contribution in [0.2, 0.25) is 0 Å². The monoisotopic (exact) mass is 295 g/mol. The SMILES string of the molecule is COc1ccc(N)cc1NC(=O)CN1CCOC(CO)C1. The molecule has 116 valence electrons. The Bertz CT molecular complexity index is 495. The Morgan fingerprint density at radius 3 is 3.14 bits per heavy atom. The smallest absolute Gasteiger partial charge is 0.238 e. The van der Waals surface area contributed by atoms with Crippen molar-refractivity contribution < 1.29 is 19.4 Å². The molecule has 21 heavy (non-hydrogen) atoms. The molecule has 0 bridgehead atoms. The number of aliphatic hydroxyl groups excluding tert-OH is 1. The molecule has 1 fully saturated rings. The summed E-state index contributed by atoms with van der Waals surface area (Å²) >= 11 is 0. The van der Waals surface area contributed by atoms with E-state index in [-0.39, 0.29) is 25.2 Å². The third-order valence-electron chi connectivity index (χ3n) is 3.29. The molecule has 1 aliphatic heterocycles. The van der Waals surface area contributed by atoms with Gasteiger partial charge in [-0.3, -0.25) is 9.69 Å². The zero-order chi connectivity index (χ0) is 15.2. The van der Waals surface area contributed by atoms with Gasteiger partial charge < -0.3 is 25.6 Å². The summed E-state index contributed by atoms with van der Waals surface area (Å²) in [5.74, 6) is 0.408. The van der Waals surface area contributed by atoms with E-state index in [1.54, 1.807) is 18.2 Å². The first-order valence-corrected chi connectivity index (χ1v) is 6.80. The van der Waals surface area contributed by atoms with E-state index in [0.717, 1.165) is 0 Å². The van der Waals surface area contributed by atoms with Crippen LogP contribution in [0.5, 0.6) is 5.75 Å². The molecular formula is C14H21N3O4. The van der Waals surface area contributed by atoms with Crippen LogP contribution in [-0.4, -0.2) is 62.0 Å². The number of carbonyl (C=O) groups excluding carboxylic acids is 1. The molecule has 0 spiro atoms. The number of amides is 1. The Balaban J connectivity index is 1.94. The Kier molecular flexibility index (Phi) is 5.38. The number of benzene rings is 1. The topological polar surface area (TPSA) is 97.0 Å². The van der Waals surface area contributed by atoms with Gasteiger partial charge in [0.1, 0.15) is 5.75 Å². The van der Waals surface area contributed by atoms with Gasteiger partial charge in [0.2, 0.25) is 5.91 Å². The molecule has 1 atom stereocenters. The van der Waals surface area contributed by atoms with Gasteiger partial charge in [0.25, 0.3) is 0 Å². The Morgan fingerprint density at radius 2 is 2.43 bits per heavy atom. The lowest BCUT2D eigenvalue weighted by molar-refractivity contribution is -0.120. The molecule has 7 heteroatoms. The number of nitrogen functional groups attached to an aromatic ring is 1. The molecular weight excluding hydrogens is 274 g/mol. The van der Waals surface area contributed by atoms with Crippen LogP contribution in [0.25, 0.3) is 0 Å². The number of hydrogen-bond acceptors (Lipinski definition) is 6. The predicted octanol–water partition coefficient (Wildman–Crippen LogP) is -0.0910. The van der Waals surface area contributed by atoms with E-state index in [2.05, 4.69) is 5.32 Å². The molecule has 1 aromatic carbocycles. The molecule has 4 N–H and O–H groups in total. The summed E-state index contributed by atoms with van der Waals surface area (Å²) in [6.07, 6.45) is -0.228. The first kappa shape index (κ1) is 15.6. The maximum atomic E-state index is 12.1. The number of aliphatic hydroxyl groups is 1. The molecule has 7 nitrogen and oxygen atoms in total. The minimum absolute atomic E-state index is 0.0405. The van der Waals surface area contributed by atoms with Crippen molar-refractivity contribution >= 4 is 17.3 Å².